The Hall–Kier alpha value is -0.610. The molecular formula is C8H18N2O2. The summed E-state index contributed by atoms with van der Waals surface area (Å²) in [6.07, 6.45) is 0. The number of rotatable bonds is 4. The second-order valence-electron chi connectivity index (χ2n) is 2.82. The van der Waals surface area contributed by atoms with E-state index in [9.17, 15) is 4.79 Å². The molecule has 0 aliphatic rings. The molecule has 0 saturated heterocycles. The highest BCUT2D eigenvalue weighted by molar-refractivity contribution is 5.63. The maximum Gasteiger partial charge on any atom is 0.389 e. The van der Waals surface area contributed by atoms with E-state index in [-0.39, 0.29) is 12.1 Å². The Bertz CT molecular complexity index is 137. The molecular weight excluding hydrogens is 156 g/mol. The Labute approximate surface area is 73.9 Å². The van der Waals surface area contributed by atoms with Gasteiger partial charge in [-0.15, -0.1) is 7.05 Å². The predicted molar refractivity (Wildman–Crippen MR) is 46.4 cm³/mol. The summed E-state index contributed by atoms with van der Waals surface area (Å²) in [5, 5.41) is 1.33. The molecule has 0 radical (unpaired) electrons. The zero-order valence-electron chi connectivity index (χ0n) is 8.04. The lowest BCUT2D eigenvalue weighted by atomic mass is 10.3. The monoisotopic (exact) mass is 174 g/mol. The molecule has 0 bridgehead atoms. The summed E-state index contributed by atoms with van der Waals surface area (Å²) in [4.78, 5) is 12.9. The van der Waals surface area contributed by atoms with Crippen LogP contribution in [0.1, 0.15) is 13.8 Å². The third-order valence-electron chi connectivity index (χ3n) is 1.62. The molecule has 0 aliphatic heterocycles. The molecule has 4 nitrogen and oxygen atoms in total. The zero-order chi connectivity index (χ0) is 9.56. The normalized spacial score (nSPS) is 10.4. The second kappa shape index (κ2) is 5.97. The fraction of sp³-hybridized carbons (Fsp3) is 0.750. The number of methoxy groups -OCH3 is 1. The minimum Gasteiger partial charge on any atom is -0.395 e. The molecule has 0 atom stereocenters. The van der Waals surface area contributed by atoms with Crippen molar-refractivity contribution in [2.24, 2.45) is 0 Å². The number of carbonyl (C=O) groups excluding carboxylic acids is 1. The third kappa shape index (κ3) is 3.69. The van der Waals surface area contributed by atoms with Crippen LogP contribution in [0.25, 0.3) is 0 Å². The van der Waals surface area contributed by atoms with E-state index in [1.807, 2.05) is 13.8 Å². The Morgan fingerprint density at radius 2 is 2.25 bits per heavy atom. The van der Waals surface area contributed by atoms with E-state index < -0.39 is 0 Å². The van der Waals surface area contributed by atoms with Crippen molar-refractivity contribution >= 4 is 6.03 Å². The van der Waals surface area contributed by atoms with Crippen molar-refractivity contribution in [3.63, 3.8) is 0 Å². The van der Waals surface area contributed by atoms with E-state index in [4.69, 9.17) is 4.74 Å². The largest absolute Gasteiger partial charge is 0.395 e. The first kappa shape index (κ1) is 11.4. The zero-order valence-corrected chi connectivity index (χ0v) is 8.04. The molecule has 72 valence electrons. The van der Waals surface area contributed by atoms with Gasteiger partial charge in [0.05, 0.1) is 6.61 Å². The van der Waals surface area contributed by atoms with Gasteiger partial charge >= 0.3 is 6.03 Å². The number of nitrogens with zero attached hydrogens (tertiary/aromatic N) is 1. The molecule has 0 rings (SSSR count). The minimum absolute atomic E-state index is 0.0398. The van der Waals surface area contributed by atoms with Crippen LogP contribution < -0.4 is 5.32 Å². The average Bonchev–Trinajstić information content (AvgIpc) is 2.04. The Kier molecular flexibility index (Phi) is 5.66. The van der Waals surface area contributed by atoms with Crippen LogP contribution in [0, 0.1) is 7.05 Å². The van der Waals surface area contributed by atoms with Crippen LogP contribution in [-0.4, -0.2) is 37.2 Å². The van der Waals surface area contributed by atoms with Gasteiger partial charge in [0.15, 0.2) is 0 Å². The topological polar surface area (TPSA) is 46.2 Å². The third-order valence-corrected chi connectivity index (χ3v) is 1.62. The van der Waals surface area contributed by atoms with E-state index in [1.54, 1.807) is 12.0 Å². The summed E-state index contributed by atoms with van der Waals surface area (Å²) in [7, 11) is 5.06. The summed E-state index contributed by atoms with van der Waals surface area (Å²) in [5.41, 5.74) is 0. The predicted octanol–water partition coefficient (Wildman–Crippen LogP) is -0.182. The molecule has 0 fully saturated rings. The Balaban J connectivity index is 3.95. The number of carbonyl (C=O) groups is 1. The summed E-state index contributed by atoms with van der Waals surface area (Å²) < 4.78 is 4.89. The number of hydrogen-bond acceptors (Lipinski definition) is 2. The minimum atomic E-state index is -0.0398. The van der Waals surface area contributed by atoms with Crippen LogP contribution in [0.3, 0.4) is 0 Å². The molecule has 0 aromatic heterocycles. The van der Waals surface area contributed by atoms with Crippen LogP contribution >= 0.6 is 0 Å². The van der Waals surface area contributed by atoms with Crippen molar-refractivity contribution in [3.8, 4) is 0 Å². The number of nitrogens with two attached hydrogens (primary N) is 1. The van der Waals surface area contributed by atoms with Gasteiger partial charge in [0.25, 0.3) is 0 Å². The highest BCUT2D eigenvalue weighted by Crippen LogP contribution is 1.95. The molecule has 4 heteroatoms. The number of urea groups is 1. The summed E-state index contributed by atoms with van der Waals surface area (Å²) in [6.45, 7) is 5.13. The second-order valence-corrected chi connectivity index (χ2v) is 2.82. The van der Waals surface area contributed by atoms with E-state index in [2.05, 4.69) is 7.05 Å². The van der Waals surface area contributed by atoms with E-state index in [0.29, 0.717) is 13.2 Å². The maximum atomic E-state index is 11.2. The van der Waals surface area contributed by atoms with Crippen LogP contribution in [0.15, 0.2) is 0 Å². The number of ether oxygens (including phenoxy) is 1. The van der Waals surface area contributed by atoms with Crippen LogP contribution in [0.5, 0.6) is 0 Å². The quantitative estimate of drug-likeness (QED) is 0.601. The molecule has 0 aromatic carbocycles. The first-order chi connectivity index (χ1) is 5.63. The van der Waals surface area contributed by atoms with Gasteiger partial charge in [-0.1, -0.05) is 0 Å². The van der Waals surface area contributed by atoms with Gasteiger partial charge in [-0.05, 0) is 13.8 Å². The molecule has 2 amide bonds. The highest BCUT2D eigenvalue weighted by Gasteiger charge is 2.15. The van der Waals surface area contributed by atoms with Crippen LogP contribution in [-0.2, 0) is 4.74 Å². The molecule has 0 heterocycles. The van der Waals surface area contributed by atoms with Crippen molar-refractivity contribution in [2.75, 3.05) is 20.3 Å². The van der Waals surface area contributed by atoms with E-state index in [1.165, 1.54) is 5.32 Å². The molecule has 0 saturated carbocycles. The van der Waals surface area contributed by atoms with E-state index >= 15 is 0 Å². The maximum absolute atomic E-state index is 11.2. The lowest BCUT2D eigenvalue weighted by Gasteiger charge is -2.24. The molecule has 0 unspecified atom stereocenters. The van der Waals surface area contributed by atoms with Gasteiger partial charge in [-0.2, -0.15) is 0 Å². The SMILES string of the molecule is [CH2-][NH2+]C(=O)N(CCOC)C(C)C. The van der Waals surface area contributed by atoms with Crippen molar-refractivity contribution < 1.29 is 14.8 Å². The van der Waals surface area contributed by atoms with Gasteiger partial charge in [0.1, 0.15) is 0 Å². The van der Waals surface area contributed by atoms with Gasteiger partial charge in [-0.3, -0.25) is 4.90 Å². The number of amides is 2. The average molecular weight is 174 g/mol. The van der Waals surface area contributed by atoms with Crippen LogP contribution in [0.4, 0.5) is 4.79 Å². The van der Waals surface area contributed by atoms with Crippen LogP contribution in [0.2, 0.25) is 0 Å². The van der Waals surface area contributed by atoms with Gasteiger partial charge in [0, 0.05) is 19.7 Å². The Morgan fingerprint density at radius 3 is 2.58 bits per heavy atom. The lowest BCUT2D eigenvalue weighted by Crippen LogP contribution is -2.85. The van der Waals surface area contributed by atoms with Crippen molar-refractivity contribution in [2.45, 2.75) is 19.9 Å². The highest BCUT2D eigenvalue weighted by atomic mass is 16.5. The standard InChI is InChI=1S/C8H18N2O2/c1-7(2)10(5-6-12-4)8(11)9-3/h7H,3,5-6,9H2,1-2,4H3. The van der Waals surface area contributed by atoms with Gasteiger partial charge in [0.2, 0.25) is 0 Å². The lowest BCUT2D eigenvalue weighted by molar-refractivity contribution is -0.498. The first-order valence-corrected chi connectivity index (χ1v) is 4.05. The van der Waals surface area contributed by atoms with Crippen molar-refractivity contribution in [3.05, 3.63) is 7.05 Å². The molecule has 0 aromatic rings. The molecule has 2 N–H and O–H groups in total. The first-order valence-electron chi connectivity index (χ1n) is 4.05. The molecule has 12 heavy (non-hydrogen) atoms. The number of primary amides is 1. The molecule has 0 spiro atoms. The summed E-state index contributed by atoms with van der Waals surface area (Å²) >= 11 is 0. The number of hydrogen-bond donors (Lipinski definition) is 1. The van der Waals surface area contributed by atoms with Gasteiger partial charge in [-0.25, -0.2) is 4.79 Å². The van der Waals surface area contributed by atoms with Crippen molar-refractivity contribution in [1.29, 1.82) is 0 Å². The summed E-state index contributed by atoms with van der Waals surface area (Å²) in [5.74, 6) is 0. The summed E-state index contributed by atoms with van der Waals surface area (Å²) in [6, 6.07) is 0.160. The van der Waals surface area contributed by atoms with Gasteiger partial charge < -0.3 is 10.1 Å². The number of quaternary nitrogens is 1. The molecule has 0 aliphatic carbocycles. The fourth-order valence-corrected chi connectivity index (χ4v) is 0.930. The van der Waals surface area contributed by atoms with Crippen molar-refractivity contribution in [1.82, 2.24) is 4.90 Å². The fourth-order valence-electron chi connectivity index (χ4n) is 0.930. The Morgan fingerprint density at radius 1 is 1.67 bits per heavy atom. The smallest absolute Gasteiger partial charge is 0.389 e. The van der Waals surface area contributed by atoms with E-state index in [0.717, 1.165) is 0 Å².